The van der Waals surface area contributed by atoms with Gasteiger partial charge in [0.05, 0.1) is 17.7 Å². The quantitative estimate of drug-likeness (QED) is 0.888. The van der Waals surface area contributed by atoms with Crippen LogP contribution in [0.4, 0.5) is 5.69 Å². The van der Waals surface area contributed by atoms with Gasteiger partial charge in [0.2, 0.25) is 0 Å². The third-order valence-corrected chi connectivity index (χ3v) is 4.12. The molecule has 0 saturated heterocycles. The van der Waals surface area contributed by atoms with Crippen molar-refractivity contribution < 1.29 is 4.79 Å². The number of anilines is 1. The van der Waals surface area contributed by atoms with Crippen molar-refractivity contribution in [1.82, 2.24) is 10.3 Å². The fourth-order valence-corrected chi connectivity index (χ4v) is 2.76. The van der Waals surface area contributed by atoms with Gasteiger partial charge in [0, 0.05) is 22.2 Å². The average Bonchev–Trinajstić information content (AvgIpc) is 2.81. The zero-order chi connectivity index (χ0) is 15.4. The highest BCUT2D eigenvalue weighted by atomic mass is 32.1. The van der Waals surface area contributed by atoms with Crippen LogP contribution < -0.4 is 10.6 Å². The molecule has 0 spiro atoms. The number of amides is 1. The SMILES string of the molecule is Cc1cc(NCc2scnc2C)ccc1C(=O)NC(C)C. The van der Waals surface area contributed by atoms with Crippen molar-refractivity contribution in [3.05, 3.63) is 45.4 Å². The molecule has 0 aliphatic carbocycles. The van der Waals surface area contributed by atoms with E-state index < -0.39 is 0 Å². The number of thiazole rings is 1. The monoisotopic (exact) mass is 303 g/mol. The molecule has 2 rings (SSSR count). The molecule has 5 heteroatoms. The molecule has 0 fully saturated rings. The Morgan fingerprint density at radius 2 is 2.10 bits per heavy atom. The third kappa shape index (κ3) is 4.04. The second kappa shape index (κ2) is 6.72. The fourth-order valence-electron chi connectivity index (χ4n) is 2.05. The molecule has 21 heavy (non-hydrogen) atoms. The van der Waals surface area contributed by atoms with E-state index in [0.29, 0.717) is 0 Å². The minimum Gasteiger partial charge on any atom is -0.380 e. The Kier molecular flexibility index (Phi) is 4.96. The van der Waals surface area contributed by atoms with Crippen molar-refractivity contribution in [2.45, 2.75) is 40.3 Å². The molecule has 1 aromatic carbocycles. The topological polar surface area (TPSA) is 54.0 Å². The summed E-state index contributed by atoms with van der Waals surface area (Å²) in [5, 5.41) is 6.29. The van der Waals surface area contributed by atoms with Crippen LogP contribution in [-0.2, 0) is 6.54 Å². The average molecular weight is 303 g/mol. The molecule has 1 heterocycles. The Hall–Kier alpha value is -1.88. The summed E-state index contributed by atoms with van der Waals surface area (Å²) in [5.74, 6) is -0.0210. The zero-order valence-electron chi connectivity index (χ0n) is 12.9. The van der Waals surface area contributed by atoms with E-state index in [1.807, 2.05) is 51.4 Å². The van der Waals surface area contributed by atoms with Gasteiger partial charge in [-0.15, -0.1) is 11.3 Å². The lowest BCUT2D eigenvalue weighted by Gasteiger charge is -2.12. The summed E-state index contributed by atoms with van der Waals surface area (Å²) in [5.41, 5.74) is 5.64. The zero-order valence-corrected chi connectivity index (χ0v) is 13.7. The van der Waals surface area contributed by atoms with Crippen molar-refractivity contribution in [1.29, 1.82) is 0 Å². The summed E-state index contributed by atoms with van der Waals surface area (Å²) in [4.78, 5) is 17.5. The highest BCUT2D eigenvalue weighted by Crippen LogP contribution is 2.18. The second-order valence-electron chi connectivity index (χ2n) is 5.37. The number of carbonyl (C=O) groups excluding carboxylic acids is 1. The smallest absolute Gasteiger partial charge is 0.251 e. The van der Waals surface area contributed by atoms with Gasteiger partial charge in [-0.25, -0.2) is 4.98 Å². The van der Waals surface area contributed by atoms with Gasteiger partial charge in [-0.05, 0) is 51.5 Å². The first-order valence-corrected chi connectivity index (χ1v) is 7.89. The molecular formula is C16H21N3OS. The van der Waals surface area contributed by atoms with Gasteiger partial charge in [0.15, 0.2) is 0 Å². The van der Waals surface area contributed by atoms with E-state index in [9.17, 15) is 4.79 Å². The van der Waals surface area contributed by atoms with E-state index in [-0.39, 0.29) is 11.9 Å². The summed E-state index contributed by atoms with van der Waals surface area (Å²) in [6, 6.07) is 5.96. The van der Waals surface area contributed by atoms with Crippen LogP contribution in [0, 0.1) is 13.8 Å². The largest absolute Gasteiger partial charge is 0.380 e. The summed E-state index contributed by atoms with van der Waals surface area (Å²) in [7, 11) is 0. The predicted molar refractivity (Wildman–Crippen MR) is 88.0 cm³/mol. The Bertz CT molecular complexity index is 634. The molecule has 0 aliphatic rings. The minimum absolute atomic E-state index is 0.0210. The van der Waals surface area contributed by atoms with Gasteiger partial charge >= 0.3 is 0 Å². The van der Waals surface area contributed by atoms with E-state index in [2.05, 4.69) is 15.6 Å². The van der Waals surface area contributed by atoms with Crippen LogP contribution in [-0.4, -0.2) is 16.9 Å². The highest BCUT2D eigenvalue weighted by Gasteiger charge is 2.10. The molecule has 0 unspecified atom stereocenters. The van der Waals surface area contributed by atoms with Crippen molar-refractivity contribution in [2.24, 2.45) is 0 Å². The molecule has 0 bridgehead atoms. The first kappa shape index (κ1) is 15.5. The van der Waals surface area contributed by atoms with Gasteiger partial charge in [-0.1, -0.05) is 0 Å². The van der Waals surface area contributed by atoms with Crippen LogP contribution in [0.2, 0.25) is 0 Å². The summed E-state index contributed by atoms with van der Waals surface area (Å²) in [6.07, 6.45) is 0. The summed E-state index contributed by atoms with van der Waals surface area (Å²) < 4.78 is 0. The van der Waals surface area contributed by atoms with Crippen LogP contribution in [0.15, 0.2) is 23.7 Å². The molecule has 2 N–H and O–H groups in total. The van der Waals surface area contributed by atoms with E-state index in [1.54, 1.807) is 11.3 Å². The Balaban J connectivity index is 2.05. The molecular weight excluding hydrogens is 282 g/mol. The lowest BCUT2D eigenvalue weighted by molar-refractivity contribution is 0.0942. The number of nitrogens with one attached hydrogen (secondary N) is 2. The number of rotatable bonds is 5. The number of nitrogens with zero attached hydrogens (tertiary/aromatic N) is 1. The van der Waals surface area contributed by atoms with Gasteiger partial charge in [0.1, 0.15) is 0 Å². The lowest BCUT2D eigenvalue weighted by atomic mass is 10.1. The normalized spacial score (nSPS) is 10.7. The van der Waals surface area contributed by atoms with Crippen LogP contribution in [0.3, 0.4) is 0 Å². The number of aromatic nitrogens is 1. The second-order valence-corrected chi connectivity index (χ2v) is 6.31. The molecule has 0 radical (unpaired) electrons. The van der Waals surface area contributed by atoms with E-state index in [0.717, 1.165) is 29.1 Å². The van der Waals surface area contributed by atoms with Gasteiger partial charge in [-0.2, -0.15) is 0 Å². The first-order chi connectivity index (χ1) is 9.97. The molecule has 0 aliphatic heterocycles. The van der Waals surface area contributed by atoms with Crippen LogP contribution in [0.5, 0.6) is 0 Å². The van der Waals surface area contributed by atoms with Crippen LogP contribution >= 0.6 is 11.3 Å². The molecule has 2 aromatic rings. The van der Waals surface area contributed by atoms with E-state index in [4.69, 9.17) is 0 Å². The van der Waals surface area contributed by atoms with Gasteiger partial charge in [-0.3, -0.25) is 4.79 Å². The fraction of sp³-hybridized carbons (Fsp3) is 0.375. The third-order valence-electron chi connectivity index (χ3n) is 3.19. The minimum atomic E-state index is -0.0210. The summed E-state index contributed by atoms with van der Waals surface area (Å²) in [6.45, 7) is 8.64. The maximum Gasteiger partial charge on any atom is 0.251 e. The van der Waals surface area contributed by atoms with Crippen LogP contribution in [0.25, 0.3) is 0 Å². The van der Waals surface area contributed by atoms with Gasteiger partial charge < -0.3 is 10.6 Å². The maximum absolute atomic E-state index is 12.0. The molecule has 1 amide bonds. The number of hydrogen-bond donors (Lipinski definition) is 2. The van der Waals surface area contributed by atoms with Crippen molar-refractivity contribution in [3.63, 3.8) is 0 Å². The standard InChI is InChI=1S/C16H21N3OS/c1-10(2)19-16(20)14-6-5-13(7-11(14)3)17-8-15-12(4)18-9-21-15/h5-7,9-10,17H,8H2,1-4H3,(H,19,20). The Morgan fingerprint density at radius 3 is 2.67 bits per heavy atom. The molecule has 0 atom stereocenters. The molecule has 112 valence electrons. The molecule has 4 nitrogen and oxygen atoms in total. The summed E-state index contributed by atoms with van der Waals surface area (Å²) >= 11 is 1.65. The number of benzene rings is 1. The Labute approximate surface area is 129 Å². The van der Waals surface area contributed by atoms with Crippen molar-refractivity contribution in [3.8, 4) is 0 Å². The number of aryl methyl sites for hydroxylation is 2. The van der Waals surface area contributed by atoms with E-state index in [1.165, 1.54) is 4.88 Å². The van der Waals surface area contributed by atoms with Gasteiger partial charge in [0.25, 0.3) is 5.91 Å². The predicted octanol–water partition coefficient (Wildman–Crippen LogP) is 3.51. The number of hydrogen-bond acceptors (Lipinski definition) is 4. The first-order valence-electron chi connectivity index (χ1n) is 7.01. The Morgan fingerprint density at radius 1 is 1.33 bits per heavy atom. The van der Waals surface area contributed by atoms with E-state index >= 15 is 0 Å². The maximum atomic E-state index is 12.0. The van der Waals surface area contributed by atoms with Crippen LogP contribution in [0.1, 0.15) is 40.3 Å². The molecule has 1 aromatic heterocycles. The lowest BCUT2D eigenvalue weighted by Crippen LogP contribution is -2.30. The van der Waals surface area contributed by atoms with Crippen molar-refractivity contribution in [2.75, 3.05) is 5.32 Å². The number of carbonyl (C=O) groups is 1. The molecule has 0 saturated carbocycles. The highest BCUT2D eigenvalue weighted by molar-refractivity contribution is 7.09. The van der Waals surface area contributed by atoms with Crippen molar-refractivity contribution >= 4 is 22.9 Å².